The van der Waals surface area contributed by atoms with Crippen molar-refractivity contribution in [1.82, 2.24) is 9.97 Å². The molecule has 0 saturated heterocycles. The van der Waals surface area contributed by atoms with Gasteiger partial charge >= 0.3 is 0 Å². The fourth-order valence-corrected chi connectivity index (χ4v) is 4.37. The maximum absolute atomic E-state index is 12.9. The van der Waals surface area contributed by atoms with Gasteiger partial charge in [0.15, 0.2) is 0 Å². The van der Waals surface area contributed by atoms with Crippen LogP contribution in [0, 0.1) is 0 Å². The third-order valence-electron chi connectivity index (χ3n) is 4.67. The van der Waals surface area contributed by atoms with Crippen molar-refractivity contribution in [3.63, 3.8) is 0 Å². The molecule has 6 nitrogen and oxygen atoms in total. The van der Waals surface area contributed by atoms with Crippen molar-refractivity contribution < 1.29 is 13.2 Å². The van der Waals surface area contributed by atoms with Crippen LogP contribution >= 0.6 is 0 Å². The zero-order valence-corrected chi connectivity index (χ0v) is 17.1. The fraction of sp³-hybridized carbons (Fsp3) is 0.0870. The monoisotopic (exact) mass is 417 g/mol. The van der Waals surface area contributed by atoms with Gasteiger partial charge in [0.05, 0.1) is 16.1 Å². The van der Waals surface area contributed by atoms with Crippen LogP contribution < -0.4 is 4.72 Å². The average molecular weight is 417 g/mol. The quantitative estimate of drug-likeness (QED) is 0.507. The molecule has 30 heavy (non-hydrogen) atoms. The van der Waals surface area contributed by atoms with Crippen LogP contribution in [0.25, 0.3) is 22.0 Å². The summed E-state index contributed by atoms with van der Waals surface area (Å²) in [6, 6.07) is 17.4. The number of pyridine rings is 2. The maximum Gasteiger partial charge on any atom is 0.261 e. The van der Waals surface area contributed by atoms with Gasteiger partial charge in [-0.3, -0.25) is 19.5 Å². The topological polar surface area (TPSA) is 89.0 Å². The number of aromatic nitrogens is 2. The Morgan fingerprint density at radius 1 is 0.967 bits per heavy atom. The SMILES string of the molecule is CC(=O)Cc1ccc(S(=O)(=O)Nc2ccc(-c3cccnc3)c3cccnc23)cc1. The number of rotatable bonds is 6. The Hall–Kier alpha value is -3.58. The van der Waals surface area contributed by atoms with E-state index in [0.29, 0.717) is 11.2 Å². The number of nitrogens with zero attached hydrogens (tertiary/aromatic N) is 2. The first-order valence-electron chi connectivity index (χ1n) is 9.33. The van der Waals surface area contributed by atoms with E-state index in [1.54, 1.807) is 36.8 Å². The Labute approximate surface area is 174 Å². The van der Waals surface area contributed by atoms with Crippen molar-refractivity contribution in [3.05, 3.63) is 84.8 Å². The molecule has 7 heteroatoms. The first-order valence-corrected chi connectivity index (χ1v) is 10.8. The van der Waals surface area contributed by atoms with Crippen molar-refractivity contribution in [1.29, 1.82) is 0 Å². The van der Waals surface area contributed by atoms with Gasteiger partial charge in [0.1, 0.15) is 5.78 Å². The lowest BCUT2D eigenvalue weighted by molar-refractivity contribution is -0.116. The molecule has 0 radical (unpaired) electrons. The summed E-state index contributed by atoms with van der Waals surface area (Å²) in [6.07, 6.45) is 5.37. The first-order chi connectivity index (χ1) is 14.4. The number of Topliss-reactive ketones (excluding diaryl/α,β-unsaturated/α-hetero) is 1. The molecule has 0 saturated carbocycles. The highest BCUT2D eigenvalue weighted by Crippen LogP contribution is 2.32. The predicted molar refractivity (Wildman–Crippen MR) is 117 cm³/mol. The Balaban J connectivity index is 1.71. The van der Waals surface area contributed by atoms with E-state index in [4.69, 9.17) is 0 Å². The average Bonchev–Trinajstić information content (AvgIpc) is 2.74. The van der Waals surface area contributed by atoms with Gasteiger partial charge < -0.3 is 0 Å². The predicted octanol–water partition coefficient (Wildman–Crippen LogP) is 4.23. The molecule has 4 aromatic rings. The summed E-state index contributed by atoms with van der Waals surface area (Å²) in [5.74, 6) is 0.0231. The van der Waals surface area contributed by atoms with Crippen LogP contribution in [0.15, 0.2) is 84.1 Å². The van der Waals surface area contributed by atoms with Crippen LogP contribution in [-0.4, -0.2) is 24.2 Å². The summed E-state index contributed by atoms with van der Waals surface area (Å²) >= 11 is 0. The van der Waals surface area contributed by atoms with Crippen LogP contribution in [-0.2, 0) is 21.2 Å². The fourth-order valence-electron chi connectivity index (χ4n) is 3.31. The second-order valence-electron chi connectivity index (χ2n) is 6.93. The van der Waals surface area contributed by atoms with E-state index < -0.39 is 10.0 Å². The molecule has 0 aliphatic rings. The molecule has 2 aromatic carbocycles. The molecule has 1 N–H and O–H groups in total. The molecule has 2 heterocycles. The number of fused-ring (bicyclic) bond motifs is 1. The Bertz CT molecular complexity index is 1320. The lowest BCUT2D eigenvalue weighted by Gasteiger charge is -2.13. The summed E-state index contributed by atoms with van der Waals surface area (Å²) in [5, 5.41) is 0.822. The van der Waals surface area contributed by atoms with Gasteiger partial charge in [-0.2, -0.15) is 0 Å². The molecule has 0 aliphatic carbocycles. The third kappa shape index (κ3) is 4.06. The Kier molecular flexibility index (Phi) is 5.29. The zero-order valence-electron chi connectivity index (χ0n) is 16.2. The largest absolute Gasteiger partial charge is 0.300 e. The van der Waals surface area contributed by atoms with Gasteiger partial charge in [-0.15, -0.1) is 0 Å². The molecule has 0 spiro atoms. The normalized spacial score (nSPS) is 11.4. The Morgan fingerprint density at radius 3 is 2.43 bits per heavy atom. The molecule has 0 amide bonds. The molecule has 0 unspecified atom stereocenters. The molecule has 0 fully saturated rings. The second kappa shape index (κ2) is 8.04. The third-order valence-corrected chi connectivity index (χ3v) is 6.05. The van der Waals surface area contributed by atoms with Crippen LogP contribution in [0.2, 0.25) is 0 Å². The van der Waals surface area contributed by atoms with E-state index >= 15 is 0 Å². The van der Waals surface area contributed by atoms with E-state index in [0.717, 1.165) is 22.1 Å². The van der Waals surface area contributed by atoms with E-state index in [1.807, 2.05) is 30.3 Å². The summed E-state index contributed by atoms with van der Waals surface area (Å²) in [5.41, 5.74) is 3.56. The second-order valence-corrected chi connectivity index (χ2v) is 8.61. The molecule has 0 aliphatic heterocycles. The van der Waals surface area contributed by atoms with Crippen LogP contribution in [0.3, 0.4) is 0 Å². The van der Waals surface area contributed by atoms with Gasteiger partial charge in [0, 0.05) is 36.0 Å². The zero-order chi connectivity index (χ0) is 21.1. The number of carbonyl (C=O) groups excluding carboxylic acids is 1. The van der Waals surface area contributed by atoms with Crippen molar-refractivity contribution >= 4 is 32.4 Å². The highest BCUT2D eigenvalue weighted by Gasteiger charge is 2.17. The number of nitrogens with one attached hydrogen (secondary N) is 1. The van der Waals surface area contributed by atoms with Gasteiger partial charge in [0.2, 0.25) is 0 Å². The van der Waals surface area contributed by atoms with E-state index in [2.05, 4.69) is 14.7 Å². The number of anilines is 1. The lowest BCUT2D eigenvalue weighted by atomic mass is 10.0. The van der Waals surface area contributed by atoms with Crippen LogP contribution in [0.1, 0.15) is 12.5 Å². The van der Waals surface area contributed by atoms with Crippen LogP contribution in [0.4, 0.5) is 5.69 Å². The molecule has 4 rings (SSSR count). The van der Waals surface area contributed by atoms with Gasteiger partial charge in [-0.25, -0.2) is 8.42 Å². The van der Waals surface area contributed by atoms with E-state index in [1.165, 1.54) is 19.1 Å². The number of ketones is 1. The highest BCUT2D eigenvalue weighted by molar-refractivity contribution is 7.92. The standard InChI is InChI=1S/C23H19N3O3S/c1-16(27)14-17-6-8-19(9-7-17)30(28,29)26-22-11-10-20(18-4-2-12-24-15-18)21-5-3-13-25-23(21)22/h2-13,15,26H,14H2,1H3. The van der Waals surface area contributed by atoms with Crippen molar-refractivity contribution in [2.75, 3.05) is 4.72 Å². The number of benzene rings is 2. The van der Waals surface area contributed by atoms with Gasteiger partial charge in [-0.1, -0.05) is 30.3 Å². The number of carbonyl (C=O) groups is 1. The smallest absolute Gasteiger partial charge is 0.261 e. The number of hydrogen-bond acceptors (Lipinski definition) is 5. The molecule has 0 bridgehead atoms. The summed E-state index contributed by atoms with van der Waals surface area (Å²) < 4.78 is 28.5. The minimum atomic E-state index is -3.81. The highest BCUT2D eigenvalue weighted by atomic mass is 32.2. The van der Waals surface area contributed by atoms with E-state index in [-0.39, 0.29) is 17.1 Å². The molecular weight excluding hydrogens is 398 g/mol. The van der Waals surface area contributed by atoms with Gasteiger partial charge in [0.25, 0.3) is 10.0 Å². The van der Waals surface area contributed by atoms with Crippen molar-refractivity contribution in [2.45, 2.75) is 18.2 Å². The number of hydrogen-bond donors (Lipinski definition) is 1. The van der Waals surface area contributed by atoms with Crippen molar-refractivity contribution in [2.24, 2.45) is 0 Å². The minimum Gasteiger partial charge on any atom is -0.300 e. The van der Waals surface area contributed by atoms with E-state index in [9.17, 15) is 13.2 Å². The minimum absolute atomic E-state index is 0.0231. The Morgan fingerprint density at radius 2 is 1.73 bits per heavy atom. The summed E-state index contributed by atoms with van der Waals surface area (Å²) in [7, 11) is -3.81. The molecule has 150 valence electrons. The van der Waals surface area contributed by atoms with Crippen molar-refractivity contribution in [3.8, 4) is 11.1 Å². The lowest BCUT2D eigenvalue weighted by Crippen LogP contribution is -2.13. The van der Waals surface area contributed by atoms with Crippen LogP contribution in [0.5, 0.6) is 0 Å². The molecule has 2 aromatic heterocycles. The summed E-state index contributed by atoms with van der Waals surface area (Å²) in [4.78, 5) is 19.9. The van der Waals surface area contributed by atoms with Gasteiger partial charge in [-0.05, 0) is 48.4 Å². The molecule has 0 atom stereocenters. The maximum atomic E-state index is 12.9. The first kappa shape index (κ1) is 19.7. The molecular formula is C23H19N3O3S. The number of sulfonamides is 1. The summed E-state index contributed by atoms with van der Waals surface area (Å²) in [6.45, 7) is 1.50.